The van der Waals surface area contributed by atoms with Crippen molar-refractivity contribution >= 4 is 43.4 Å². The minimum atomic E-state index is -0.127. The highest BCUT2D eigenvalue weighted by Gasteiger charge is 2.35. The predicted octanol–water partition coefficient (Wildman–Crippen LogP) is 12.6. The average molecular weight is 724 g/mol. The van der Waals surface area contributed by atoms with Crippen molar-refractivity contribution in [1.82, 2.24) is 24.5 Å². The number of thiazole rings is 1. The first-order valence-electron chi connectivity index (χ1n) is 18.6. The van der Waals surface area contributed by atoms with Gasteiger partial charge in [-0.3, -0.25) is 0 Å². The second kappa shape index (κ2) is 12.1. The first kappa shape index (κ1) is 31.7. The summed E-state index contributed by atoms with van der Waals surface area (Å²) in [6.45, 7) is 4.60. The maximum atomic E-state index is 5.14. The summed E-state index contributed by atoms with van der Waals surface area (Å²) >= 11 is 1.73. The lowest BCUT2D eigenvalue weighted by Gasteiger charge is -2.21. The van der Waals surface area contributed by atoms with Crippen LogP contribution >= 0.6 is 11.3 Å². The quantitative estimate of drug-likeness (QED) is 0.177. The number of para-hydroxylation sites is 2. The Hall–Kier alpha value is -6.76. The number of fused-ring (bicyclic) bond motifs is 7. The van der Waals surface area contributed by atoms with E-state index in [9.17, 15) is 0 Å². The van der Waals surface area contributed by atoms with Gasteiger partial charge in [0.15, 0.2) is 17.5 Å². The Morgan fingerprint density at radius 3 is 1.89 bits per heavy atom. The van der Waals surface area contributed by atoms with Crippen LogP contribution in [0.1, 0.15) is 25.0 Å². The van der Waals surface area contributed by atoms with Gasteiger partial charge in [0.2, 0.25) is 0 Å². The number of aromatic nitrogens is 5. The zero-order valence-electron chi connectivity index (χ0n) is 30.2. The summed E-state index contributed by atoms with van der Waals surface area (Å²) in [7, 11) is 0. The van der Waals surface area contributed by atoms with Crippen molar-refractivity contribution in [2.24, 2.45) is 0 Å². The first-order chi connectivity index (χ1) is 27.0. The average Bonchev–Trinajstić information content (AvgIpc) is 3.89. The number of benzene rings is 7. The predicted molar refractivity (Wildman–Crippen MR) is 227 cm³/mol. The van der Waals surface area contributed by atoms with E-state index in [1.54, 1.807) is 11.3 Å². The van der Waals surface area contributed by atoms with Gasteiger partial charge in [0, 0.05) is 44.1 Å². The summed E-state index contributed by atoms with van der Waals surface area (Å²) in [6, 6.07) is 57.8. The van der Waals surface area contributed by atoms with E-state index in [2.05, 4.69) is 158 Å². The molecule has 11 rings (SSSR count). The lowest BCUT2D eigenvalue weighted by molar-refractivity contribution is 0.660. The molecule has 3 aromatic heterocycles. The molecule has 0 radical (unpaired) electrons. The molecule has 0 atom stereocenters. The summed E-state index contributed by atoms with van der Waals surface area (Å²) < 4.78 is 3.54. The maximum absolute atomic E-state index is 5.14. The summed E-state index contributed by atoms with van der Waals surface area (Å²) in [5.41, 5.74) is 13.4. The lowest BCUT2D eigenvalue weighted by atomic mass is 9.82. The molecule has 0 unspecified atom stereocenters. The van der Waals surface area contributed by atoms with Crippen LogP contribution in [0.3, 0.4) is 0 Å². The highest BCUT2D eigenvalue weighted by molar-refractivity contribution is 7.21. The number of hydrogen-bond donors (Lipinski definition) is 0. The molecule has 1 aliphatic rings. The van der Waals surface area contributed by atoms with Crippen LogP contribution in [0.25, 0.3) is 93.6 Å². The van der Waals surface area contributed by atoms with Crippen LogP contribution in [0.2, 0.25) is 0 Å². The van der Waals surface area contributed by atoms with Gasteiger partial charge >= 0.3 is 0 Å². The standard InChI is InChI=1S/C49H33N5S/c1-49(2)39-16-8-6-14-35(39)36-26-22-32(28-40(36)49)47-52-45(30-12-4-3-5-13-30)51-46(53-47)31-20-24-34(25-21-31)54-42-18-10-7-15-37(42)38-27-23-33(29-43(38)54)48-50-41-17-9-11-19-44(41)55-48/h3-29H,1-2H3. The van der Waals surface area contributed by atoms with Gasteiger partial charge in [-0.15, -0.1) is 11.3 Å². The van der Waals surface area contributed by atoms with Gasteiger partial charge in [-0.05, 0) is 76.9 Å². The Balaban J connectivity index is 1.03. The van der Waals surface area contributed by atoms with Crippen LogP contribution in [-0.4, -0.2) is 24.5 Å². The molecule has 0 bridgehead atoms. The molecular weight excluding hydrogens is 691 g/mol. The minimum absolute atomic E-state index is 0.127. The van der Waals surface area contributed by atoms with Gasteiger partial charge in [0.1, 0.15) is 5.01 Å². The maximum Gasteiger partial charge on any atom is 0.164 e. The van der Waals surface area contributed by atoms with Crippen LogP contribution in [0.4, 0.5) is 0 Å². The number of hydrogen-bond acceptors (Lipinski definition) is 5. The molecule has 1 aliphatic carbocycles. The van der Waals surface area contributed by atoms with E-state index >= 15 is 0 Å². The van der Waals surface area contributed by atoms with Crippen molar-refractivity contribution in [1.29, 1.82) is 0 Å². The van der Waals surface area contributed by atoms with Gasteiger partial charge in [-0.2, -0.15) is 0 Å². The third-order valence-corrected chi connectivity index (χ3v) is 12.2. The van der Waals surface area contributed by atoms with E-state index < -0.39 is 0 Å². The normalized spacial score (nSPS) is 13.1. The SMILES string of the molecule is CC1(C)c2ccccc2-c2ccc(-c3nc(-c4ccccc4)nc(-c4ccc(-n5c6ccccc6c6ccc(-c7nc8ccccc8s7)cc65)cc4)n3)cc21. The largest absolute Gasteiger partial charge is 0.309 e. The van der Waals surface area contributed by atoms with Crippen LogP contribution in [0.15, 0.2) is 164 Å². The molecule has 6 heteroatoms. The first-order valence-corrected chi connectivity index (χ1v) is 19.4. The third-order valence-electron chi connectivity index (χ3n) is 11.1. The van der Waals surface area contributed by atoms with Crippen LogP contribution in [0.5, 0.6) is 0 Å². The Labute approximate surface area is 322 Å². The van der Waals surface area contributed by atoms with Gasteiger partial charge in [0.05, 0.1) is 21.3 Å². The molecule has 0 amide bonds. The molecule has 5 nitrogen and oxygen atoms in total. The van der Waals surface area contributed by atoms with E-state index in [1.165, 1.54) is 37.7 Å². The molecule has 0 saturated heterocycles. The van der Waals surface area contributed by atoms with Crippen molar-refractivity contribution in [2.45, 2.75) is 19.3 Å². The second-order valence-electron chi connectivity index (χ2n) is 14.7. The molecule has 0 aliphatic heterocycles. The van der Waals surface area contributed by atoms with Gasteiger partial charge < -0.3 is 4.57 Å². The van der Waals surface area contributed by atoms with E-state index in [0.717, 1.165) is 49.5 Å². The number of nitrogens with zero attached hydrogens (tertiary/aromatic N) is 5. The highest BCUT2D eigenvalue weighted by Crippen LogP contribution is 2.49. The van der Waals surface area contributed by atoms with Crippen LogP contribution < -0.4 is 0 Å². The van der Waals surface area contributed by atoms with Crippen molar-refractivity contribution in [2.75, 3.05) is 0 Å². The molecule has 55 heavy (non-hydrogen) atoms. The molecule has 0 N–H and O–H groups in total. The summed E-state index contributed by atoms with van der Waals surface area (Å²) in [6.07, 6.45) is 0. The topological polar surface area (TPSA) is 56.5 Å². The minimum Gasteiger partial charge on any atom is -0.309 e. The van der Waals surface area contributed by atoms with Gasteiger partial charge in [0.25, 0.3) is 0 Å². The molecule has 3 heterocycles. The molecule has 0 saturated carbocycles. The molecular formula is C49H33N5S. The number of rotatable bonds is 5. The molecule has 0 fully saturated rings. The van der Waals surface area contributed by atoms with Crippen LogP contribution in [-0.2, 0) is 5.41 Å². The Morgan fingerprint density at radius 2 is 1.07 bits per heavy atom. The van der Waals surface area contributed by atoms with E-state index in [4.69, 9.17) is 19.9 Å². The summed E-state index contributed by atoms with van der Waals surface area (Å²) in [5.74, 6) is 1.95. The third kappa shape index (κ3) is 5.06. The monoisotopic (exact) mass is 723 g/mol. The summed E-state index contributed by atoms with van der Waals surface area (Å²) in [5, 5.41) is 3.44. The van der Waals surface area contributed by atoms with Gasteiger partial charge in [-0.1, -0.05) is 123 Å². The molecule has 10 aromatic rings. The zero-order valence-corrected chi connectivity index (χ0v) is 31.0. The fourth-order valence-corrected chi connectivity index (χ4v) is 9.29. The fourth-order valence-electron chi connectivity index (χ4n) is 8.33. The smallest absolute Gasteiger partial charge is 0.164 e. The lowest BCUT2D eigenvalue weighted by Crippen LogP contribution is -2.15. The Kier molecular flexibility index (Phi) is 7.00. The van der Waals surface area contributed by atoms with Gasteiger partial charge in [-0.25, -0.2) is 19.9 Å². The van der Waals surface area contributed by atoms with Crippen molar-refractivity contribution in [3.63, 3.8) is 0 Å². The van der Waals surface area contributed by atoms with Crippen molar-refractivity contribution in [3.05, 3.63) is 175 Å². The Bertz CT molecular complexity index is 3090. The van der Waals surface area contributed by atoms with Crippen molar-refractivity contribution < 1.29 is 0 Å². The second-order valence-corrected chi connectivity index (χ2v) is 15.8. The molecule has 260 valence electrons. The van der Waals surface area contributed by atoms with E-state index in [1.807, 2.05) is 24.3 Å². The van der Waals surface area contributed by atoms with Crippen LogP contribution in [0, 0.1) is 0 Å². The zero-order chi connectivity index (χ0) is 36.7. The van der Waals surface area contributed by atoms with E-state index in [-0.39, 0.29) is 5.41 Å². The molecule has 0 spiro atoms. The fraction of sp³-hybridized carbons (Fsp3) is 0.0612. The summed E-state index contributed by atoms with van der Waals surface area (Å²) in [4.78, 5) is 20.2. The van der Waals surface area contributed by atoms with Crippen molar-refractivity contribution in [3.8, 4) is 61.5 Å². The highest BCUT2D eigenvalue weighted by atomic mass is 32.1. The van der Waals surface area contributed by atoms with E-state index in [0.29, 0.717) is 17.5 Å². The Morgan fingerprint density at radius 1 is 0.455 bits per heavy atom. The molecule has 7 aromatic carbocycles.